The number of ether oxygens (including phenoxy) is 1. The molecular weight excluding hydrogens is 316 g/mol. The molecule has 0 spiro atoms. The van der Waals surface area contributed by atoms with Gasteiger partial charge < -0.3 is 4.74 Å². The first-order valence-electron chi connectivity index (χ1n) is 5.29. The van der Waals surface area contributed by atoms with Gasteiger partial charge in [0.25, 0.3) is 5.69 Å². The van der Waals surface area contributed by atoms with Gasteiger partial charge in [0.15, 0.2) is 4.34 Å². The maximum absolute atomic E-state index is 11.8. The van der Waals surface area contributed by atoms with Crippen LogP contribution in [0.1, 0.15) is 13.8 Å². The zero-order valence-electron chi connectivity index (χ0n) is 10.3. The minimum atomic E-state index is -3.79. The van der Waals surface area contributed by atoms with E-state index in [9.17, 15) is 18.5 Å². The minimum Gasteiger partial charge on any atom is -0.377 e. The van der Waals surface area contributed by atoms with Crippen LogP contribution in [0.15, 0.2) is 10.3 Å². The molecule has 0 aliphatic carbocycles. The van der Waals surface area contributed by atoms with Gasteiger partial charge in [0.2, 0.25) is 10.0 Å². The third-order valence-electron chi connectivity index (χ3n) is 1.95. The molecule has 0 bridgehead atoms. The number of halogens is 1. The van der Waals surface area contributed by atoms with Crippen LogP contribution in [0, 0.1) is 10.1 Å². The minimum absolute atomic E-state index is 0.00164. The molecule has 0 aliphatic heterocycles. The molecule has 1 aromatic rings. The van der Waals surface area contributed by atoms with E-state index >= 15 is 0 Å². The average Bonchev–Trinajstić information content (AvgIpc) is 2.67. The van der Waals surface area contributed by atoms with E-state index < -0.39 is 20.6 Å². The lowest BCUT2D eigenvalue weighted by atomic mass is 10.5. The van der Waals surface area contributed by atoms with Crippen molar-refractivity contribution in [2.75, 3.05) is 13.2 Å². The summed E-state index contributed by atoms with van der Waals surface area (Å²) in [6, 6.07) is 0.943. The van der Waals surface area contributed by atoms with Crippen LogP contribution in [0.5, 0.6) is 0 Å². The summed E-state index contributed by atoms with van der Waals surface area (Å²) in [5, 5.41) is 10.6. The van der Waals surface area contributed by atoms with E-state index in [1.165, 1.54) is 0 Å². The standard InChI is InChI=1S/C9H13ClN2O5S2/c1-6(2)17-4-3-11-19(15,16)8-5-7(12(13)14)9(10)18-8/h5-6,11H,3-4H2,1-2H3. The highest BCUT2D eigenvalue weighted by Crippen LogP contribution is 2.35. The normalized spacial score (nSPS) is 12.0. The van der Waals surface area contributed by atoms with Gasteiger partial charge in [-0.15, -0.1) is 11.3 Å². The second kappa shape index (κ2) is 6.62. The van der Waals surface area contributed by atoms with Crippen molar-refractivity contribution in [2.45, 2.75) is 24.2 Å². The second-order valence-electron chi connectivity index (χ2n) is 3.80. The number of hydrogen-bond donors (Lipinski definition) is 1. The van der Waals surface area contributed by atoms with Gasteiger partial charge in [-0.05, 0) is 13.8 Å². The number of sulfonamides is 1. The summed E-state index contributed by atoms with van der Waals surface area (Å²) in [5.74, 6) is 0. The Morgan fingerprint density at radius 1 is 1.58 bits per heavy atom. The Morgan fingerprint density at radius 3 is 2.68 bits per heavy atom. The quantitative estimate of drug-likeness (QED) is 0.469. The first kappa shape index (κ1) is 16.3. The highest BCUT2D eigenvalue weighted by Gasteiger charge is 2.24. The number of nitrogens with one attached hydrogen (secondary N) is 1. The molecule has 0 saturated heterocycles. The predicted octanol–water partition coefficient (Wildman–Crippen LogP) is 2.01. The van der Waals surface area contributed by atoms with E-state index in [1.807, 2.05) is 13.8 Å². The molecule has 0 fully saturated rings. The lowest BCUT2D eigenvalue weighted by Crippen LogP contribution is -2.27. The highest BCUT2D eigenvalue weighted by molar-refractivity contribution is 7.91. The zero-order chi connectivity index (χ0) is 14.6. The van der Waals surface area contributed by atoms with Gasteiger partial charge in [-0.25, -0.2) is 13.1 Å². The van der Waals surface area contributed by atoms with Crippen molar-refractivity contribution >= 4 is 38.6 Å². The van der Waals surface area contributed by atoms with Crippen LogP contribution >= 0.6 is 22.9 Å². The Labute approximate surface area is 119 Å². The van der Waals surface area contributed by atoms with Crippen molar-refractivity contribution in [3.05, 3.63) is 20.5 Å². The molecule has 108 valence electrons. The molecule has 0 unspecified atom stereocenters. The van der Waals surface area contributed by atoms with E-state index in [-0.39, 0.29) is 27.8 Å². The SMILES string of the molecule is CC(C)OCCNS(=O)(=O)c1cc([N+](=O)[O-])c(Cl)s1. The van der Waals surface area contributed by atoms with Crippen LogP contribution in [-0.2, 0) is 14.8 Å². The van der Waals surface area contributed by atoms with Crippen LogP contribution < -0.4 is 4.72 Å². The Bertz CT molecular complexity index is 555. The molecule has 0 aromatic carbocycles. The largest absolute Gasteiger partial charge is 0.377 e. The van der Waals surface area contributed by atoms with Crippen LogP contribution in [0.3, 0.4) is 0 Å². The fourth-order valence-electron chi connectivity index (χ4n) is 1.14. The highest BCUT2D eigenvalue weighted by atomic mass is 35.5. The summed E-state index contributed by atoms with van der Waals surface area (Å²) in [6.45, 7) is 3.97. The first-order chi connectivity index (χ1) is 8.74. The predicted molar refractivity (Wildman–Crippen MR) is 72.3 cm³/mol. The van der Waals surface area contributed by atoms with E-state index in [0.29, 0.717) is 11.3 Å². The van der Waals surface area contributed by atoms with Crippen LogP contribution in [0.4, 0.5) is 5.69 Å². The Hall–Kier alpha value is -0.740. The first-order valence-corrected chi connectivity index (χ1v) is 7.97. The Morgan fingerprint density at radius 2 is 2.21 bits per heavy atom. The molecule has 0 radical (unpaired) electrons. The van der Waals surface area contributed by atoms with Crippen molar-refractivity contribution in [1.82, 2.24) is 4.72 Å². The molecule has 19 heavy (non-hydrogen) atoms. The van der Waals surface area contributed by atoms with Crippen LogP contribution in [0.2, 0.25) is 4.34 Å². The molecule has 1 N–H and O–H groups in total. The fourth-order valence-corrected chi connectivity index (χ4v) is 3.86. The van der Waals surface area contributed by atoms with E-state index in [0.717, 1.165) is 6.07 Å². The summed E-state index contributed by atoms with van der Waals surface area (Å²) >= 11 is 6.26. The third kappa shape index (κ3) is 4.69. The summed E-state index contributed by atoms with van der Waals surface area (Å²) in [7, 11) is -3.79. The smallest absolute Gasteiger partial charge is 0.300 e. The number of rotatable bonds is 7. The van der Waals surface area contributed by atoms with Gasteiger partial charge in [0.05, 0.1) is 17.6 Å². The maximum atomic E-state index is 11.8. The van der Waals surface area contributed by atoms with E-state index in [1.54, 1.807) is 0 Å². The number of nitrogens with zero attached hydrogens (tertiary/aromatic N) is 1. The summed E-state index contributed by atoms with van der Waals surface area (Å²) in [4.78, 5) is 9.87. The topological polar surface area (TPSA) is 98.5 Å². The maximum Gasteiger partial charge on any atom is 0.300 e. The van der Waals surface area contributed by atoms with Crippen molar-refractivity contribution in [1.29, 1.82) is 0 Å². The van der Waals surface area contributed by atoms with Crippen LogP contribution in [0.25, 0.3) is 0 Å². The fraction of sp³-hybridized carbons (Fsp3) is 0.556. The molecule has 1 aromatic heterocycles. The molecule has 0 aliphatic rings. The summed E-state index contributed by atoms with van der Waals surface area (Å²) in [5.41, 5.74) is -0.412. The zero-order valence-corrected chi connectivity index (χ0v) is 12.6. The number of thiophene rings is 1. The number of nitro groups is 1. The lowest BCUT2D eigenvalue weighted by Gasteiger charge is -2.08. The average molecular weight is 329 g/mol. The van der Waals surface area contributed by atoms with Crippen molar-refractivity contribution in [2.24, 2.45) is 0 Å². The second-order valence-corrected chi connectivity index (χ2v) is 7.45. The molecule has 10 heteroatoms. The van der Waals surface area contributed by atoms with Gasteiger partial charge >= 0.3 is 0 Å². The van der Waals surface area contributed by atoms with Crippen LogP contribution in [-0.4, -0.2) is 32.6 Å². The van der Waals surface area contributed by atoms with Gasteiger partial charge in [-0.2, -0.15) is 0 Å². The van der Waals surface area contributed by atoms with Crippen molar-refractivity contribution < 1.29 is 18.1 Å². The summed E-state index contributed by atoms with van der Waals surface area (Å²) < 4.78 is 30.8. The Balaban J connectivity index is 2.72. The molecule has 1 rings (SSSR count). The molecule has 0 atom stereocenters. The molecule has 0 amide bonds. The third-order valence-corrected chi connectivity index (χ3v) is 5.23. The lowest BCUT2D eigenvalue weighted by molar-refractivity contribution is -0.384. The molecule has 0 saturated carbocycles. The molecular formula is C9H13ClN2O5S2. The van der Waals surface area contributed by atoms with E-state index in [2.05, 4.69) is 4.72 Å². The Kier molecular flexibility index (Phi) is 5.68. The van der Waals surface area contributed by atoms with Crippen molar-refractivity contribution in [3.8, 4) is 0 Å². The van der Waals surface area contributed by atoms with Crippen molar-refractivity contribution in [3.63, 3.8) is 0 Å². The molecule has 1 heterocycles. The molecule has 7 nitrogen and oxygen atoms in total. The summed E-state index contributed by atoms with van der Waals surface area (Å²) in [6.07, 6.45) is 0.00164. The van der Waals surface area contributed by atoms with Gasteiger partial charge in [0.1, 0.15) is 4.21 Å². The van der Waals surface area contributed by atoms with Gasteiger partial charge in [-0.3, -0.25) is 10.1 Å². The van der Waals surface area contributed by atoms with Gasteiger partial charge in [0, 0.05) is 12.6 Å². The number of hydrogen-bond acceptors (Lipinski definition) is 6. The monoisotopic (exact) mass is 328 g/mol. The van der Waals surface area contributed by atoms with E-state index in [4.69, 9.17) is 16.3 Å². The van der Waals surface area contributed by atoms with Gasteiger partial charge in [-0.1, -0.05) is 11.6 Å².